The lowest BCUT2D eigenvalue weighted by molar-refractivity contribution is 0.0696. The molecule has 0 aliphatic carbocycles. The number of carboxylic acid groups (broad SMARTS) is 1. The van der Waals surface area contributed by atoms with Crippen molar-refractivity contribution < 1.29 is 15.0 Å². The predicted octanol–water partition coefficient (Wildman–Crippen LogP) is 3.90. The molecule has 0 spiro atoms. The molecule has 7 heteroatoms. The molecule has 2 aromatic carbocycles. The van der Waals surface area contributed by atoms with Crippen LogP contribution in [0.25, 0.3) is 11.3 Å². The molecule has 0 bridgehead atoms. The number of carboxylic acids is 1. The average Bonchev–Trinajstić information content (AvgIpc) is 2.53. The van der Waals surface area contributed by atoms with E-state index in [1.165, 1.54) is 11.8 Å². The van der Waals surface area contributed by atoms with E-state index in [9.17, 15) is 15.0 Å². The summed E-state index contributed by atoms with van der Waals surface area (Å²) < 4.78 is 0. The minimum Gasteiger partial charge on any atom is -0.508 e. The Morgan fingerprint density at radius 3 is 2.54 bits per heavy atom. The van der Waals surface area contributed by atoms with Crippen LogP contribution in [0.4, 0.5) is 5.95 Å². The maximum Gasteiger partial charge on any atom is 0.335 e. The molecule has 26 heavy (non-hydrogen) atoms. The standard InChI is InChI=1S/C19H17N3O3S/c1-10-6-11(2)15(18(24)25)8-14(10)16-9-17(22-19(20)21-16)26-13-5-3-4-12(23)7-13/h3-9,23H,1-2H3,(H,24,25)(H2,20,21,22). The topological polar surface area (TPSA) is 109 Å². The van der Waals surface area contributed by atoms with Crippen LogP contribution in [-0.2, 0) is 0 Å². The SMILES string of the molecule is Cc1cc(C)c(-c2cc(Sc3cccc(O)c3)nc(N)n2)cc1C(=O)O. The van der Waals surface area contributed by atoms with Crippen LogP contribution >= 0.6 is 11.8 Å². The molecule has 6 nitrogen and oxygen atoms in total. The molecular formula is C19H17N3O3S. The summed E-state index contributed by atoms with van der Waals surface area (Å²) in [5, 5.41) is 19.6. The smallest absolute Gasteiger partial charge is 0.335 e. The quantitative estimate of drug-likeness (QED) is 0.600. The predicted molar refractivity (Wildman–Crippen MR) is 101 cm³/mol. The van der Waals surface area contributed by atoms with Gasteiger partial charge in [-0.05, 0) is 55.3 Å². The van der Waals surface area contributed by atoms with Crippen LogP contribution in [0.1, 0.15) is 21.5 Å². The van der Waals surface area contributed by atoms with Crippen molar-refractivity contribution in [3.05, 3.63) is 59.2 Å². The van der Waals surface area contributed by atoms with E-state index in [-0.39, 0.29) is 17.3 Å². The van der Waals surface area contributed by atoms with Gasteiger partial charge in [-0.1, -0.05) is 23.9 Å². The van der Waals surface area contributed by atoms with Crippen LogP contribution in [-0.4, -0.2) is 26.2 Å². The van der Waals surface area contributed by atoms with E-state index in [0.717, 1.165) is 10.5 Å². The summed E-state index contributed by atoms with van der Waals surface area (Å²) in [4.78, 5) is 20.7. The van der Waals surface area contributed by atoms with Gasteiger partial charge in [0.25, 0.3) is 0 Å². The molecule has 4 N–H and O–H groups in total. The number of anilines is 1. The average molecular weight is 367 g/mol. The Labute approximate surface area is 154 Å². The van der Waals surface area contributed by atoms with Gasteiger partial charge in [-0.3, -0.25) is 0 Å². The zero-order chi connectivity index (χ0) is 18.8. The molecule has 0 amide bonds. The molecule has 1 aromatic heterocycles. The molecule has 0 aliphatic rings. The summed E-state index contributed by atoms with van der Waals surface area (Å²) in [6.07, 6.45) is 0. The van der Waals surface area contributed by atoms with Crippen molar-refractivity contribution in [3.63, 3.8) is 0 Å². The number of aromatic carboxylic acids is 1. The molecule has 3 aromatic rings. The van der Waals surface area contributed by atoms with E-state index < -0.39 is 5.97 Å². The normalized spacial score (nSPS) is 10.7. The molecule has 0 aliphatic heterocycles. The molecule has 132 valence electrons. The number of aromatic hydroxyl groups is 1. The molecule has 0 fully saturated rings. The number of phenols is 1. The number of aromatic nitrogens is 2. The fourth-order valence-corrected chi connectivity index (χ4v) is 3.54. The van der Waals surface area contributed by atoms with Crippen molar-refractivity contribution >= 4 is 23.7 Å². The van der Waals surface area contributed by atoms with Crippen LogP contribution in [0.2, 0.25) is 0 Å². The van der Waals surface area contributed by atoms with Gasteiger partial charge in [-0.25, -0.2) is 14.8 Å². The maximum absolute atomic E-state index is 11.4. The largest absolute Gasteiger partial charge is 0.508 e. The highest BCUT2D eigenvalue weighted by atomic mass is 32.2. The van der Waals surface area contributed by atoms with Crippen molar-refractivity contribution in [2.75, 3.05) is 5.73 Å². The molecule has 0 saturated heterocycles. The van der Waals surface area contributed by atoms with Crippen LogP contribution in [0.5, 0.6) is 5.75 Å². The van der Waals surface area contributed by atoms with Gasteiger partial charge in [0.2, 0.25) is 5.95 Å². The number of hydrogen-bond acceptors (Lipinski definition) is 6. The van der Waals surface area contributed by atoms with Gasteiger partial charge < -0.3 is 15.9 Å². The zero-order valence-corrected chi connectivity index (χ0v) is 15.0. The van der Waals surface area contributed by atoms with Crippen LogP contribution in [0.3, 0.4) is 0 Å². The van der Waals surface area contributed by atoms with Gasteiger partial charge in [0.05, 0.1) is 11.3 Å². The maximum atomic E-state index is 11.4. The second kappa shape index (κ2) is 7.05. The Bertz CT molecular complexity index is 1010. The van der Waals surface area contributed by atoms with Crippen molar-refractivity contribution in [1.82, 2.24) is 9.97 Å². The Kier molecular flexibility index (Phi) is 4.81. The highest BCUT2D eigenvalue weighted by molar-refractivity contribution is 7.99. The molecule has 0 saturated carbocycles. The molecular weight excluding hydrogens is 350 g/mol. The summed E-state index contributed by atoms with van der Waals surface area (Å²) in [5.41, 5.74) is 8.93. The number of carbonyl (C=O) groups is 1. The molecule has 0 radical (unpaired) electrons. The summed E-state index contributed by atoms with van der Waals surface area (Å²) in [5.74, 6) is -0.722. The third-order valence-electron chi connectivity index (χ3n) is 3.84. The van der Waals surface area contributed by atoms with Crippen molar-refractivity contribution in [3.8, 4) is 17.0 Å². The Morgan fingerprint density at radius 2 is 1.85 bits per heavy atom. The Hall–Kier alpha value is -3.06. The minimum atomic E-state index is -0.986. The molecule has 1 heterocycles. The second-order valence-electron chi connectivity index (χ2n) is 5.84. The highest BCUT2D eigenvalue weighted by Gasteiger charge is 2.14. The summed E-state index contributed by atoms with van der Waals surface area (Å²) in [6.45, 7) is 3.66. The molecule has 3 rings (SSSR count). The van der Waals surface area contributed by atoms with E-state index in [2.05, 4.69) is 9.97 Å². The number of hydrogen-bond donors (Lipinski definition) is 3. The van der Waals surface area contributed by atoms with Crippen LogP contribution in [0.15, 0.2) is 52.4 Å². The first-order valence-corrected chi connectivity index (χ1v) is 8.61. The lowest BCUT2D eigenvalue weighted by Crippen LogP contribution is -2.03. The first kappa shape index (κ1) is 17.8. The monoisotopic (exact) mass is 367 g/mol. The number of phenolic OH excluding ortho intramolecular Hbond substituents is 1. The highest BCUT2D eigenvalue weighted by Crippen LogP contribution is 2.32. The van der Waals surface area contributed by atoms with E-state index in [4.69, 9.17) is 5.73 Å². The number of benzene rings is 2. The molecule has 0 atom stereocenters. The van der Waals surface area contributed by atoms with Gasteiger partial charge in [0.1, 0.15) is 10.8 Å². The number of aryl methyl sites for hydroxylation is 2. The van der Waals surface area contributed by atoms with E-state index in [1.54, 1.807) is 37.3 Å². The van der Waals surface area contributed by atoms with Crippen molar-refractivity contribution in [2.24, 2.45) is 0 Å². The summed E-state index contributed by atoms with van der Waals surface area (Å²) in [7, 11) is 0. The van der Waals surface area contributed by atoms with Crippen molar-refractivity contribution in [2.45, 2.75) is 23.8 Å². The van der Waals surface area contributed by atoms with Crippen molar-refractivity contribution in [1.29, 1.82) is 0 Å². The van der Waals surface area contributed by atoms with E-state index >= 15 is 0 Å². The van der Waals surface area contributed by atoms with Gasteiger partial charge in [0.15, 0.2) is 0 Å². The fraction of sp³-hybridized carbons (Fsp3) is 0.105. The molecule has 0 unspecified atom stereocenters. The summed E-state index contributed by atoms with van der Waals surface area (Å²) >= 11 is 1.34. The van der Waals surface area contributed by atoms with Gasteiger partial charge in [-0.15, -0.1) is 0 Å². The lowest BCUT2D eigenvalue weighted by atomic mass is 9.98. The minimum absolute atomic E-state index is 0.0991. The first-order chi connectivity index (χ1) is 12.3. The van der Waals surface area contributed by atoms with Gasteiger partial charge in [-0.2, -0.15) is 0 Å². The number of rotatable bonds is 4. The van der Waals surface area contributed by atoms with E-state index in [0.29, 0.717) is 21.8 Å². The summed E-state index contributed by atoms with van der Waals surface area (Å²) in [6, 6.07) is 12.0. The van der Waals surface area contributed by atoms with Gasteiger partial charge >= 0.3 is 5.97 Å². The fourth-order valence-electron chi connectivity index (χ4n) is 2.66. The Morgan fingerprint density at radius 1 is 1.08 bits per heavy atom. The van der Waals surface area contributed by atoms with Crippen LogP contribution in [0, 0.1) is 13.8 Å². The second-order valence-corrected chi connectivity index (χ2v) is 6.93. The number of nitrogens with two attached hydrogens (primary N) is 1. The Balaban J connectivity index is 2.05. The van der Waals surface area contributed by atoms with E-state index in [1.807, 2.05) is 19.1 Å². The first-order valence-electron chi connectivity index (χ1n) is 7.80. The number of nitrogens with zero attached hydrogens (tertiary/aromatic N) is 2. The third kappa shape index (κ3) is 3.78. The van der Waals surface area contributed by atoms with Gasteiger partial charge in [0, 0.05) is 10.5 Å². The van der Waals surface area contributed by atoms with Crippen LogP contribution < -0.4 is 5.73 Å². The number of nitrogen functional groups attached to an aromatic ring is 1. The third-order valence-corrected chi connectivity index (χ3v) is 4.75. The lowest BCUT2D eigenvalue weighted by Gasteiger charge is -2.11. The zero-order valence-electron chi connectivity index (χ0n) is 14.2.